The minimum atomic E-state index is -0.986. The number of guanidine groups is 1. The maximum atomic E-state index is 12.8. The van der Waals surface area contributed by atoms with Crippen molar-refractivity contribution in [3.8, 4) is 0 Å². The molecule has 20 nitrogen and oxygen atoms in total. The number of halogens is 46. The lowest BCUT2D eigenvalue weighted by molar-refractivity contribution is -0.149. The van der Waals surface area contributed by atoms with Crippen molar-refractivity contribution in [3.63, 3.8) is 0 Å². The molecule has 2 aromatic carbocycles. The molecule has 0 spiro atoms. The van der Waals surface area contributed by atoms with E-state index in [0.717, 1.165) is 11.1 Å². The van der Waals surface area contributed by atoms with E-state index in [4.69, 9.17) is 236 Å². The highest BCUT2D eigenvalue weighted by atomic mass is 20.0. The van der Waals surface area contributed by atoms with E-state index < -0.39 is 16.8 Å². The van der Waals surface area contributed by atoms with Crippen LogP contribution >= 0.6 is 0 Å². The fourth-order valence-corrected chi connectivity index (χ4v) is 5.20. The van der Waals surface area contributed by atoms with Crippen LogP contribution in [-0.2, 0) is 10.2 Å². The Morgan fingerprint density at radius 3 is 1.07 bits per heavy atom. The molecule has 0 aliphatic heterocycles. The van der Waals surface area contributed by atoms with Gasteiger partial charge in [0.2, 0.25) is 11.9 Å². The van der Waals surface area contributed by atoms with Crippen LogP contribution in [0.5, 0.6) is 0 Å². The van der Waals surface area contributed by atoms with Crippen molar-refractivity contribution >= 4 is 63.7 Å². The van der Waals surface area contributed by atoms with Gasteiger partial charge in [-0.3, -0.25) is 28.4 Å². The van der Waals surface area contributed by atoms with Crippen molar-refractivity contribution in [3.05, 3.63) is 126 Å². The van der Waals surface area contributed by atoms with Gasteiger partial charge in [0, 0.05) is 240 Å². The summed E-state index contributed by atoms with van der Waals surface area (Å²) in [6.45, 7) is 9.90. The number of nitrogens with two attached hydrogens (primary N) is 1. The van der Waals surface area contributed by atoms with Gasteiger partial charge >= 0.3 is 5.97 Å². The van der Waals surface area contributed by atoms with Crippen LogP contribution in [0.25, 0.3) is 11.3 Å². The molecule has 5 aromatic heterocycles. The number of hydrogen-bond acceptors (Lipinski definition) is 13. The SMILES string of the molecule is CC(C)(CO)C(=O)O.Cc1ccc(N=C(N)NO)cc1NC(=O)c1cnc2ccccn12.Cc1ccc(Nc2noc(C(C)(C)CO)n2)cc1NC(=O)c1cnc2ccccn12.FF.FF.FF.FF.FF.FF.FF.FF.FF.FF.FF.FF.FF.FF.FF.FF.FF.FF.FF.FF.FF.FF.FF. The quantitative estimate of drug-likeness (QED) is 0.0252. The summed E-state index contributed by atoms with van der Waals surface area (Å²) in [6, 6.07) is 21.8. The topological polar surface area (TPSA) is 292 Å². The summed E-state index contributed by atoms with van der Waals surface area (Å²) in [4.78, 5) is 52.1. The summed E-state index contributed by atoms with van der Waals surface area (Å²) in [5.41, 5.74) is 12.0. The summed E-state index contributed by atoms with van der Waals surface area (Å²) in [7, 11) is 0. The average Bonchev–Trinajstić information content (AvgIpc) is 1.67. The Bertz CT molecular complexity index is 2820. The van der Waals surface area contributed by atoms with Crippen LogP contribution < -0.4 is 27.2 Å². The highest BCUT2D eigenvalue weighted by molar-refractivity contribution is 6.05. The third kappa shape index (κ3) is 72.1. The number of aliphatic carboxylic acids is 1. The summed E-state index contributed by atoms with van der Waals surface area (Å²) in [5, 5.41) is 47.6. The number of pyridine rings is 2. The van der Waals surface area contributed by atoms with Gasteiger partial charge in [0.25, 0.3) is 17.8 Å². The van der Waals surface area contributed by atoms with E-state index in [9.17, 15) is 19.5 Å². The predicted octanol–water partition coefficient (Wildman–Crippen LogP) is 24.5. The van der Waals surface area contributed by atoms with Crippen molar-refractivity contribution in [1.82, 2.24) is 34.4 Å². The number of aryl methyl sites for hydroxylation is 2. The number of imidazole rings is 2. The molecule has 0 saturated heterocycles. The van der Waals surface area contributed by atoms with E-state index >= 15 is 0 Å². The maximum absolute atomic E-state index is 12.8. The molecular formula is C42H48F46N12O8. The standard InChI is InChI=1S/C21H22N6O3.C16H16N6O2.C5H10O3.23F2/c1-13-7-8-14(23-20-25-19(30-26-20)21(2,3)12-28)10-15(13)24-18(29)16-11-22-17-6-4-5-9-27(16)17;1-10-5-6-11(19-16(17)21-24)8-12(10)20-15(23)13-9-18-14-4-2-3-7-22(13)14;1-5(2,3-6)4(7)8;23*1-2/h4-11,28H,12H2,1-3H3,(H,23,26)(H,24,29);2-9,24H,1H3,(H,20,23)(H3,17,19,21);6H,3H2,1-2H3,(H,7,8);;;;;;;;;;;;;;;;;;;;;;;. The first-order chi connectivity index (χ1) is 52.5. The molecule has 646 valence electrons. The number of aliphatic hydroxyl groups excluding tert-OH is 2. The van der Waals surface area contributed by atoms with Gasteiger partial charge < -0.3 is 41.5 Å². The van der Waals surface area contributed by atoms with E-state index in [1.807, 2.05) is 76.2 Å². The fourth-order valence-electron chi connectivity index (χ4n) is 5.20. The second-order valence-electron chi connectivity index (χ2n) is 15.1. The minimum Gasteiger partial charge on any atom is -0.481 e. The number of carbonyl (C=O) groups excluding carboxylic acids is 2. The van der Waals surface area contributed by atoms with Crippen LogP contribution in [0.15, 0.2) is 107 Å². The Hall–Kier alpha value is -10.9. The Kier molecular flexibility index (Phi) is 171. The molecule has 0 atom stereocenters. The van der Waals surface area contributed by atoms with Crippen LogP contribution in [0.3, 0.4) is 0 Å². The molecule has 10 N–H and O–H groups in total. The summed E-state index contributed by atoms with van der Waals surface area (Å²) in [6.07, 6.45) is 6.64. The molecule has 2 amide bonds. The van der Waals surface area contributed by atoms with Crippen molar-refractivity contribution in [2.24, 2.45) is 16.1 Å². The Balaban J connectivity index is -0.0000000534. The molecule has 108 heavy (non-hydrogen) atoms. The molecule has 0 fully saturated rings. The Morgan fingerprint density at radius 1 is 0.472 bits per heavy atom. The molecule has 0 bridgehead atoms. The number of carboxylic acids is 1. The number of carbonyl (C=O) groups is 3. The van der Waals surface area contributed by atoms with Gasteiger partial charge in [-0.2, -0.15) is 4.98 Å². The van der Waals surface area contributed by atoms with Crippen molar-refractivity contribution in [1.29, 1.82) is 0 Å². The third-order valence-electron chi connectivity index (χ3n) is 9.25. The van der Waals surface area contributed by atoms with Crippen LogP contribution in [0.4, 0.5) is 239 Å². The van der Waals surface area contributed by atoms with Gasteiger partial charge in [-0.05, 0) is 106 Å². The largest absolute Gasteiger partial charge is 0.481 e. The fraction of sp³-hybridized carbons (Fsp3) is 0.238. The number of rotatable bonds is 11. The van der Waals surface area contributed by atoms with Gasteiger partial charge in [0.1, 0.15) is 22.7 Å². The number of aromatic nitrogens is 6. The van der Waals surface area contributed by atoms with E-state index in [2.05, 4.69) is 41.1 Å². The van der Waals surface area contributed by atoms with Gasteiger partial charge in [0.05, 0.1) is 42.1 Å². The number of carboxylic acid groups (broad SMARTS) is 1. The first kappa shape index (κ1) is 147. The van der Waals surface area contributed by atoms with Crippen LogP contribution in [-0.4, -0.2) is 86.4 Å². The van der Waals surface area contributed by atoms with Crippen molar-refractivity contribution in [2.75, 3.05) is 29.2 Å². The second kappa shape index (κ2) is 126. The highest BCUT2D eigenvalue weighted by Crippen LogP contribution is 2.27. The number of hydrogen-bond donors (Lipinski definition) is 9. The van der Waals surface area contributed by atoms with Gasteiger partial charge in [-0.15, -0.1) is 0 Å². The Labute approximate surface area is 566 Å². The summed E-state index contributed by atoms with van der Waals surface area (Å²) in [5.74, 6) is -1.06. The van der Waals surface area contributed by atoms with E-state index in [1.54, 1.807) is 57.1 Å². The zero-order valence-corrected chi connectivity index (χ0v) is 52.2. The smallest absolute Gasteiger partial charge is 0.311 e. The van der Waals surface area contributed by atoms with Gasteiger partial charge in [-0.25, -0.2) is 20.4 Å². The number of nitrogens with one attached hydrogen (secondary N) is 4. The molecular weight excluding hydrogens is 1670 g/mol. The molecule has 0 aliphatic carbocycles. The number of aliphatic hydroxyl groups is 2. The summed E-state index contributed by atoms with van der Waals surface area (Å²) >= 11 is 0. The van der Waals surface area contributed by atoms with Crippen LogP contribution in [0.1, 0.15) is 65.7 Å². The summed E-state index contributed by atoms with van der Waals surface area (Å²) < 4.78 is 377. The van der Waals surface area contributed by atoms with E-state index in [-0.39, 0.29) is 36.9 Å². The molecule has 0 unspecified atom stereocenters. The molecule has 7 rings (SSSR count). The molecule has 7 aromatic rings. The van der Waals surface area contributed by atoms with Crippen LogP contribution in [0, 0.1) is 19.3 Å². The van der Waals surface area contributed by atoms with Crippen molar-refractivity contribution < 1.29 is 250 Å². The lowest BCUT2D eigenvalue weighted by atomic mass is 9.95. The molecule has 66 heteroatoms. The molecule has 0 radical (unpaired) electrons. The zero-order valence-electron chi connectivity index (χ0n) is 52.2. The number of anilines is 4. The number of hydroxylamine groups is 1. The van der Waals surface area contributed by atoms with Crippen molar-refractivity contribution in [2.45, 2.75) is 47.0 Å². The number of aliphatic imine (C=N–C) groups is 1. The normalized spacial score (nSPS) is 7.90. The minimum absolute atomic E-state index is 0.112. The third-order valence-corrected chi connectivity index (χ3v) is 9.25. The second-order valence-corrected chi connectivity index (χ2v) is 15.1. The first-order valence-corrected chi connectivity index (χ1v) is 22.2. The van der Waals surface area contributed by atoms with Gasteiger partial charge in [0.15, 0.2) is 0 Å². The Morgan fingerprint density at radius 2 is 0.787 bits per heavy atom. The molecule has 0 saturated carbocycles. The first-order valence-electron chi connectivity index (χ1n) is 22.2. The number of fused-ring (bicyclic) bond motifs is 2. The lowest BCUT2D eigenvalue weighted by Crippen LogP contribution is -2.27. The zero-order chi connectivity index (χ0) is 91.2. The van der Waals surface area contributed by atoms with Gasteiger partial charge in [-0.1, -0.05) is 24.3 Å². The lowest BCUT2D eigenvalue weighted by Gasteiger charge is -2.14. The van der Waals surface area contributed by atoms with E-state index in [1.165, 1.54) is 20.0 Å². The molecule has 0 aliphatic rings. The highest BCUT2D eigenvalue weighted by Gasteiger charge is 2.27. The number of amides is 2. The van der Waals surface area contributed by atoms with E-state index in [0.29, 0.717) is 51.3 Å². The average molecular weight is 1720 g/mol. The monoisotopic (exact) mass is 1720 g/mol. The molecule has 5 heterocycles. The predicted molar refractivity (Wildman–Crippen MR) is 282 cm³/mol. The number of nitrogens with zero attached hydrogens (tertiary/aromatic N) is 7. The number of benzene rings is 2. The maximum Gasteiger partial charge on any atom is 0.311 e. The van der Waals surface area contributed by atoms with Crippen LogP contribution in [0.2, 0.25) is 0 Å².